The summed E-state index contributed by atoms with van der Waals surface area (Å²) < 4.78 is 84.4. The molecular formula is C79H114ClF6N13O12. The number of piperidine rings is 1. The maximum absolute atomic E-state index is 16.0. The number of carbonyl (C=O) groups excluding carboxylic acids is 12. The molecule has 111 heavy (non-hydrogen) atoms. The van der Waals surface area contributed by atoms with Gasteiger partial charge in [0.05, 0.1) is 30.1 Å². The van der Waals surface area contributed by atoms with Crippen LogP contribution >= 0.6 is 11.6 Å². The molecule has 3 aliphatic heterocycles. The van der Waals surface area contributed by atoms with Gasteiger partial charge in [-0.25, -0.2) is 0 Å². The van der Waals surface area contributed by atoms with Crippen molar-refractivity contribution < 1.29 is 83.9 Å². The molecule has 1 aromatic carbocycles. The molecule has 0 unspecified atom stereocenters. The number of rotatable bonds is 13. The highest BCUT2D eigenvalue weighted by molar-refractivity contribution is 6.31. The number of aryl methyl sites for hydroxylation is 1. The number of carbonyl (C=O) groups is 12. The lowest BCUT2D eigenvalue weighted by molar-refractivity contribution is -0.158. The van der Waals surface area contributed by atoms with Crippen LogP contribution in [-0.4, -0.2) is 256 Å². The number of likely N-dealkylation sites (N-methyl/N-ethyl adjacent to an activating group) is 7. The normalized spacial score (nSPS) is 26.2. The van der Waals surface area contributed by atoms with Gasteiger partial charge in [-0.1, -0.05) is 122 Å². The summed E-state index contributed by atoms with van der Waals surface area (Å²) in [5.41, 5.74) is -4.07. The standard InChI is InChI=1S/C79H114ClF6N13O12/c1-12-49(4)66-74(109)92(6)47-65(102)99-39-34-57(99)72(107)95(9)60(42-50-24-16-13-17-25-50)71(106)91(5)46-63(100)88-56(32-29-51-28-31-54(55(80)41-51)78(81,82)83)70(105)94(8)59(43-52-30-33-62(87-45-52)79(84,85)86)69(104)90-77(35-20-21-36-77)76(111)97(11)67(53-26-18-14-19-27-53)75(110)96(10)61(73(108)98-37-22-15-23-38-98)44-64(101)93(7)58(40-48(2)3)68(103)89-66/h28,30-31,33,41,45,48-50,53,56-61,66-67H,12-27,29,32,34-40,42-44,46-47H2,1-11H3,(H,88,100)(H,89,103)(H,90,104)/t49-,56-,57-,58-,59-,60-,61-,66-,67-/m0/s1. The van der Waals surface area contributed by atoms with Gasteiger partial charge >= 0.3 is 12.4 Å². The maximum atomic E-state index is 16.0. The number of fused-ring (bicyclic) bond motifs is 1. The molecule has 3 aliphatic carbocycles. The molecule has 6 aliphatic rings. The van der Waals surface area contributed by atoms with Crippen LogP contribution < -0.4 is 16.0 Å². The van der Waals surface area contributed by atoms with E-state index in [2.05, 4.69) is 20.9 Å². The molecule has 4 heterocycles. The fourth-order valence-electron chi connectivity index (χ4n) is 16.8. The zero-order chi connectivity index (χ0) is 81.7. The molecule has 2 aromatic rings. The topological polar surface area (TPSA) is 283 Å². The summed E-state index contributed by atoms with van der Waals surface area (Å²) in [5, 5.41) is 7.88. The van der Waals surface area contributed by atoms with E-state index in [4.69, 9.17) is 11.6 Å². The molecule has 9 atom stereocenters. The van der Waals surface area contributed by atoms with Gasteiger partial charge in [0, 0.05) is 81.6 Å². The van der Waals surface area contributed by atoms with E-state index >= 15 is 38.4 Å². The molecule has 3 saturated carbocycles. The van der Waals surface area contributed by atoms with Gasteiger partial charge < -0.3 is 60.0 Å². The number of likely N-dealkylation sites (tertiary alicyclic amines) is 1. The summed E-state index contributed by atoms with van der Waals surface area (Å²) in [6, 6.07) is -6.33. The second kappa shape index (κ2) is 38.6. The van der Waals surface area contributed by atoms with Gasteiger partial charge in [-0.3, -0.25) is 62.5 Å². The molecule has 3 saturated heterocycles. The lowest BCUT2D eigenvalue weighted by Gasteiger charge is -2.44. The van der Waals surface area contributed by atoms with Crippen LogP contribution in [0.25, 0.3) is 0 Å². The van der Waals surface area contributed by atoms with E-state index < -0.39 is 198 Å². The number of nitrogens with zero attached hydrogens (tertiary/aromatic N) is 10. The van der Waals surface area contributed by atoms with Gasteiger partial charge in [-0.05, 0) is 130 Å². The number of hydrogen-bond acceptors (Lipinski definition) is 13. The number of benzene rings is 1. The first-order valence-corrected chi connectivity index (χ1v) is 39.9. The summed E-state index contributed by atoms with van der Waals surface area (Å²) in [5.74, 6) is -10.2. The number of pyridine rings is 1. The lowest BCUT2D eigenvalue weighted by atomic mass is 9.81. The van der Waals surface area contributed by atoms with Gasteiger partial charge in [0.1, 0.15) is 59.6 Å². The molecule has 25 nitrogen and oxygen atoms in total. The van der Waals surface area contributed by atoms with E-state index in [1.165, 1.54) is 73.8 Å². The van der Waals surface area contributed by atoms with Gasteiger partial charge in [-0.15, -0.1) is 0 Å². The van der Waals surface area contributed by atoms with Crippen LogP contribution in [0.4, 0.5) is 26.3 Å². The van der Waals surface area contributed by atoms with E-state index in [-0.39, 0.29) is 68.0 Å². The Morgan fingerprint density at radius 3 is 1.77 bits per heavy atom. The van der Waals surface area contributed by atoms with E-state index in [1.807, 2.05) is 20.8 Å². The van der Waals surface area contributed by atoms with Crippen molar-refractivity contribution in [3.8, 4) is 0 Å². The lowest BCUT2D eigenvalue weighted by Crippen LogP contribution is -2.66. The Balaban J connectivity index is 1.24. The first-order chi connectivity index (χ1) is 52.3. The monoisotopic (exact) mass is 1590 g/mol. The van der Waals surface area contributed by atoms with Crippen molar-refractivity contribution in [2.75, 3.05) is 82.1 Å². The molecule has 8 rings (SSSR count). The van der Waals surface area contributed by atoms with Crippen LogP contribution in [0, 0.1) is 23.7 Å². The third-order valence-corrected chi connectivity index (χ3v) is 24.3. The van der Waals surface area contributed by atoms with Gasteiger partial charge in [0.2, 0.25) is 70.9 Å². The molecule has 6 fully saturated rings. The quantitative estimate of drug-likeness (QED) is 0.160. The number of hydrogen-bond donors (Lipinski definition) is 3. The largest absolute Gasteiger partial charge is 0.433 e. The predicted octanol–water partition coefficient (Wildman–Crippen LogP) is 8.06. The smallest absolute Gasteiger partial charge is 0.343 e. The molecule has 12 amide bonds. The van der Waals surface area contributed by atoms with Crippen molar-refractivity contribution in [1.82, 2.24) is 65.0 Å². The average molecular weight is 1590 g/mol. The zero-order valence-corrected chi connectivity index (χ0v) is 66.9. The minimum Gasteiger partial charge on any atom is -0.343 e. The van der Waals surface area contributed by atoms with Gasteiger partial charge in [-0.2, -0.15) is 26.3 Å². The van der Waals surface area contributed by atoms with Crippen molar-refractivity contribution in [2.24, 2.45) is 23.7 Å². The molecular weight excluding hydrogens is 1470 g/mol. The van der Waals surface area contributed by atoms with Crippen molar-refractivity contribution in [3.63, 3.8) is 0 Å². The Bertz CT molecular complexity index is 3660. The van der Waals surface area contributed by atoms with Crippen LogP contribution in [0.1, 0.15) is 198 Å². The molecule has 32 heteroatoms. The Morgan fingerprint density at radius 2 is 1.21 bits per heavy atom. The predicted molar refractivity (Wildman–Crippen MR) is 401 cm³/mol. The molecule has 3 N–H and O–H groups in total. The summed E-state index contributed by atoms with van der Waals surface area (Å²) in [6.07, 6.45) is 0.0725. The highest BCUT2D eigenvalue weighted by atomic mass is 35.5. The Labute approximate surface area is 652 Å². The Morgan fingerprint density at radius 1 is 0.604 bits per heavy atom. The second-order valence-electron chi connectivity index (χ2n) is 32.3. The van der Waals surface area contributed by atoms with E-state index in [0.29, 0.717) is 76.9 Å². The van der Waals surface area contributed by atoms with Crippen LogP contribution in [0.3, 0.4) is 0 Å². The maximum Gasteiger partial charge on any atom is 0.433 e. The zero-order valence-electron chi connectivity index (χ0n) is 66.1. The van der Waals surface area contributed by atoms with Crippen molar-refractivity contribution in [2.45, 2.75) is 254 Å². The fraction of sp³-hybridized carbons (Fsp3) is 0.709. The second-order valence-corrected chi connectivity index (χ2v) is 32.7. The van der Waals surface area contributed by atoms with Crippen molar-refractivity contribution in [1.29, 1.82) is 0 Å². The van der Waals surface area contributed by atoms with Crippen LogP contribution in [0.2, 0.25) is 5.02 Å². The summed E-state index contributed by atoms with van der Waals surface area (Å²) in [6.45, 7) is 6.73. The summed E-state index contributed by atoms with van der Waals surface area (Å²) in [4.78, 5) is 197. The SMILES string of the molecule is CC[C@H](C)[C@@H]1NC(=O)[C@H](CC(C)C)N(C)C(=O)C[C@@H](C(=O)N2CCCCC2)N(C)C(=O)[C@H](C2CCCCC2)N(C)C(=O)C2(CCCC2)NC(=O)[C@H](Cc2ccc(C(F)(F)F)nc2)N(C)C(=O)[C@H](CCc2ccc(C(F)(F)F)c(Cl)c2)NC(=O)CN(C)C(=O)[C@H](CC2CCCCC2)N(C)C(=O)[C@@H]2CCN2C(=O)CN(C)C1=O. The minimum atomic E-state index is -4.89. The molecule has 1 spiro atoms. The highest BCUT2D eigenvalue weighted by Crippen LogP contribution is 2.39. The fourth-order valence-corrected chi connectivity index (χ4v) is 17.1. The molecule has 1 aromatic heterocycles. The van der Waals surface area contributed by atoms with Crippen molar-refractivity contribution in [3.05, 3.63) is 63.9 Å². The van der Waals surface area contributed by atoms with Crippen molar-refractivity contribution >= 4 is 82.5 Å². The van der Waals surface area contributed by atoms with Gasteiger partial charge in [0.25, 0.3) is 0 Å². The van der Waals surface area contributed by atoms with E-state index in [9.17, 15) is 45.5 Å². The van der Waals surface area contributed by atoms with Gasteiger partial charge in [0.15, 0.2) is 0 Å². The first-order valence-electron chi connectivity index (χ1n) is 39.5. The molecule has 616 valence electrons. The third kappa shape index (κ3) is 22.0. The number of nitrogens with one attached hydrogen (secondary N) is 3. The van der Waals surface area contributed by atoms with E-state index in [0.717, 1.165) is 90.1 Å². The van der Waals surface area contributed by atoms with Crippen LogP contribution in [0.15, 0.2) is 36.5 Å². The Kier molecular flexibility index (Phi) is 30.8. The number of alkyl halides is 6. The van der Waals surface area contributed by atoms with E-state index in [1.54, 1.807) is 11.8 Å². The van der Waals surface area contributed by atoms with Crippen LogP contribution in [-0.2, 0) is 82.7 Å². The molecule has 0 radical (unpaired) electrons. The third-order valence-electron chi connectivity index (χ3n) is 24.0. The number of halogens is 7. The number of amides is 12. The summed E-state index contributed by atoms with van der Waals surface area (Å²) >= 11 is 6.19. The summed E-state index contributed by atoms with van der Waals surface area (Å²) in [7, 11) is 9.57. The highest BCUT2D eigenvalue weighted by Gasteiger charge is 2.52. The first kappa shape index (κ1) is 88.4. The minimum absolute atomic E-state index is 0.00576. The Hall–Kier alpha value is -8.12. The van der Waals surface area contributed by atoms with Crippen LogP contribution in [0.5, 0.6) is 0 Å². The number of aromatic nitrogens is 1. The average Bonchev–Trinajstić information content (AvgIpc) is 1.76. The molecule has 0 bridgehead atoms.